The molecule has 3 heteroatoms. The van der Waals surface area contributed by atoms with Crippen LogP contribution in [0.15, 0.2) is 29.4 Å². The molecule has 0 unspecified atom stereocenters. The number of amides is 1. The van der Waals surface area contributed by atoms with Gasteiger partial charge in [-0.25, -0.2) is 5.01 Å². The molecule has 0 radical (unpaired) electrons. The molecular formula is C14H16N2O. The molecule has 17 heavy (non-hydrogen) atoms. The van der Waals surface area contributed by atoms with Crippen LogP contribution in [0.4, 0.5) is 5.69 Å². The second-order valence-corrected chi connectivity index (χ2v) is 4.73. The van der Waals surface area contributed by atoms with Gasteiger partial charge >= 0.3 is 0 Å². The highest BCUT2D eigenvalue weighted by atomic mass is 16.2. The first-order chi connectivity index (χ1) is 8.29. The third kappa shape index (κ3) is 1.86. The summed E-state index contributed by atoms with van der Waals surface area (Å²) in [5.74, 6) is 0.700. The zero-order valence-corrected chi connectivity index (χ0v) is 10.0. The lowest BCUT2D eigenvalue weighted by Gasteiger charge is -2.15. The zero-order valence-electron chi connectivity index (χ0n) is 10.0. The fraction of sp³-hybridized carbons (Fsp3) is 0.429. The maximum absolute atomic E-state index is 12.0. The molecule has 1 aromatic rings. The normalized spacial score (nSPS) is 19.7. The molecule has 1 aliphatic heterocycles. The minimum Gasteiger partial charge on any atom is -0.272 e. The van der Waals surface area contributed by atoms with Gasteiger partial charge in [0, 0.05) is 0 Å². The third-order valence-corrected chi connectivity index (χ3v) is 3.45. The molecule has 1 amide bonds. The molecule has 3 nitrogen and oxygen atoms in total. The Morgan fingerprint density at radius 3 is 2.82 bits per heavy atom. The fourth-order valence-electron chi connectivity index (χ4n) is 2.30. The summed E-state index contributed by atoms with van der Waals surface area (Å²) in [7, 11) is 0. The molecule has 3 rings (SSSR count). The average molecular weight is 228 g/mol. The number of hydrogen-bond acceptors (Lipinski definition) is 2. The van der Waals surface area contributed by atoms with Gasteiger partial charge in [0.25, 0.3) is 5.91 Å². The molecule has 2 aliphatic rings. The molecule has 88 valence electrons. The number of rotatable bonds is 3. The number of para-hydroxylation sites is 1. The second-order valence-electron chi connectivity index (χ2n) is 4.73. The lowest BCUT2D eigenvalue weighted by Crippen LogP contribution is -2.20. The lowest BCUT2D eigenvalue weighted by molar-refractivity contribution is -0.116. The van der Waals surface area contributed by atoms with Gasteiger partial charge in [-0.3, -0.25) is 4.79 Å². The number of hydrogen-bond donors (Lipinski definition) is 0. The Morgan fingerprint density at radius 2 is 2.12 bits per heavy atom. The molecule has 1 aromatic carbocycles. The van der Waals surface area contributed by atoms with E-state index in [0.29, 0.717) is 12.3 Å². The van der Waals surface area contributed by atoms with Gasteiger partial charge in [-0.05, 0) is 36.8 Å². The largest absolute Gasteiger partial charge is 0.272 e. The van der Waals surface area contributed by atoms with Crippen molar-refractivity contribution in [2.75, 3.05) is 5.01 Å². The predicted molar refractivity (Wildman–Crippen MR) is 68.1 cm³/mol. The summed E-state index contributed by atoms with van der Waals surface area (Å²) in [6.07, 6.45) is 3.85. The highest BCUT2D eigenvalue weighted by Crippen LogP contribution is 2.36. The van der Waals surface area contributed by atoms with Gasteiger partial charge in [0.15, 0.2) is 0 Å². The van der Waals surface area contributed by atoms with E-state index in [9.17, 15) is 4.79 Å². The van der Waals surface area contributed by atoms with Crippen LogP contribution in [0.5, 0.6) is 0 Å². The van der Waals surface area contributed by atoms with Crippen LogP contribution < -0.4 is 5.01 Å². The Hall–Kier alpha value is -1.64. The van der Waals surface area contributed by atoms with Gasteiger partial charge in [0.2, 0.25) is 0 Å². The van der Waals surface area contributed by atoms with Crippen LogP contribution in [0.2, 0.25) is 0 Å². The van der Waals surface area contributed by atoms with Crippen molar-refractivity contribution in [1.29, 1.82) is 0 Å². The van der Waals surface area contributed by atoms with Crippen LogP contribution in [0, 0.1) is 5.92 Å². The van der Waals surface area contributed by atoms with E-state index in [2.05, 4.69) is 18.1 Å². The van der Waals surface area contributed by atoms with E-state index >= 15 is 0 Å². The number of benzene rings is 1. The van der Waals surface area contributed by atoms with Crippen molar-refractivity contribution in [2.24, 2.45) is 11.0 Å². The number of anilines is 1. The molecule has 0 bridgehead atoms. The summed E-state index contributed by atoms with van der Waals surface area (Å²) in [5, 5.41) is 6.11. The number of aryl methyl sites for hydroxylation is 1. The summed E-state index contributed by atoms with van der Waals surface area (Å²) >= 11 is 0. The third-order valence-electron chi connectivity index (χ3n) is 3.45. The van der Waals surface area contributed by atoms with Crippen molar-refractivity contribution < 1.29 is 4.79 Å². The van der Waals surface area contributed by atoms with Gasteiger partial charge in [0.05, 0.1) is 17.8 Å². The van der Waals surface area contributed by atoms with Crippen LogP contribution in [0.3, 0.4) is 0 Å². The predicted octanol–water partition coefficient (Wildman–Crippen LogP) is 2.75. The Balaban J connectivity index is 1.95. The van der Waals surface area contributed by atoms with Gasteiger partial charge in [-0.15, -0.1) is 0 Å². The summed E-state index contributed by atoms with van der Waals surface area (Å²) in [6.45, 7) is 2.10. The minimum absolute atomic E-state index is 0.118. The Bertz CT molecular complexity index is 489. The first kappa shape index (κ1) is 10.5. The van der Waals surface area contributed by atoms with Crippen molar-refractivity contribution in [3.8, 4) is 0 Å². The van der Waals surface area contributed by atoms with Gasteiger partial charge in [0.1, 0.15) is 0 Å². The summed E-state index contributed by atoms with van der Waals surface area (Å²) < 4.78 is 0. The van der Waals surface area contributed by atoms with Crippen LogP contribution in [-0.2, 0) is 11.2 Å². The Kier molecular flexibility index (Phi) is 2.46. The highest BCUT2D eigenvalue weighted by molar-refractivity contribution is 6.14. The SMILES string of the molecule is CCc1ccccc1N1N=C(C2CC2)CC1=O. The maximum atomic E-state index is 12.0. The topological polar surface area (TPSA) is 32.7 Å². The highest BCUT2D eigenvalue weighted by Gasteiger charge is 2.35. The maximum Gasteiger partial charge on any atom is 0.253 e. The minimum atomic E-state index is 0.118. The molecule has 0 spiro atoms. The number of hydrazone groups is 1. The van der Waals surface area contributed by atoms with E-state index in [-0.39, 0.29) is 5.91 Å². The van der Waals surface area contributed by atoms with Crippen LogP contribution in [0.25, 0.3) is 0 Å². The van der Waals surface area contributed by atoms with Crippen molar-refractivity contribution in [2.45, 2.75) is 32.6 Å². The van der Waals surface area contributed by atoms with Crippen LogP contribution in [0.1, 0.15) is 31.7 Å². The fourth-order valence-corrected chi connectivity index (χ4v) is 2.30. The lowest BCUT2D eigenvalue weighted by atomic mass is 10.1. The molecule has 0 saturated heterocycles. The van der Waals surface area contributed by atoms with E-state index in [1.807, 2.05) is 18.2 Å². The van der Waals surface area contributed by atoms with Crippen molar-refractivity contribution in [3.63, 3.8) is 0 Å². The van der Waals surface area contributed by atoms with E-state index in [1.54, 1.807) is 5.01 Å². The number of carbonyl (C=O) groups is 1. The quantitative estimate of drug-likeness (QED) is 0.783. The number of nitrogens with zero attached hydrogens (tertiary/aromatic N) is 2. The molecular weight excluding hydrogens is 212 g/mol. The Labute approximate surface area is 101 Å². The summed E-state index contributed by atoms with van der Waals surface area (Å²) in [4.78, 5) is 12.0. The molecule has 1 saturated carbocycles. The average Bonchev–Trinajstić information content (AvgIpc) is 3.13. The standard InChI is InChI=1S/C14H16N2O/c1-2-10-5-3-4-6-13(10)16-14(17)9-12(15-16)11-7-8-11/h3-6,11H,2,7-9H2,1H3. The van der Waals surface area contributed by atoms with E-state index in [0.717, 1.165) is 17.8 Å². The molecule has 1 fully saturated rings. The van der Waals surface area contributed by atoms with Gasteiger partial charge in [-0.2, -0.15) is 5.10 Å². The van der Waals surface area contributed by atoms with Gasteiger partial charge < -0.3 is 0 Å². The molecule has 1 heterocycles. The van der Waals surface area contributed by atoms with E-state index in [1.165, 1.54) is 18.4 Å². The summed E-state index contributed by atoms with van der Waals surface area (Å²) in [5.41, 5.74) is 3.22. The van der Waals surface area contributed by atoms with Crippen LogP contribution in [-0.4, -0.2) is 11.6 Å². The van der Waals surface area contributed by atoms with Gasteiger partial charge in [-0.1, -0.05) is 25.1 Å². The smallest absolute Gasteiger partial charge is 0.253 e. The molecule has 0 aromatic heterocycles. The molecule has 0 atom stereocenters. The van der Waals surface area contributed by atoms with E-state index < -0.39 is 0 Å². The van der Waals surface area contributed by atoms with E-state index in [4.69, 9.17) is 0 Å². The number of carbonyl (C=O) groups excluding carboxylic acids is 1. The first-order valence-electron chi connectivity index (χ1n) is 6.28. The van der Waals surface area contributed by atoms with Crippen molar-refractivity contribution in [3.05, 3.63) is 29.8 Å². The second kappa shape index (κ2) is 3.99. The van der Waals surface area contributed by atoms with Crippen molar-refractivity contribution in [1.82, 2.24) is 0 Å². The first-order valence-corrected chi connectivity index (χ1v) is 6.28. The van der Waals surface area contributed by atoms with Crippen molar-refractivity contribution >= 4 is 17.3 Å². The summed E-state index contributed by atoms with van der Waals surface area (Å²) in [6, 6.07) is 8.02. The molecule has 0 N–H and O–H groups in total. The Morgan fingerprint density at radius 1 is 1.35 bits per heavy atom. The van der Waals surface area contributed by atoms with Crippen LogP contribution >= 0.6 is 0 Å². The zero-order chi connectivity index (χ0) is 11.8. The molecule has 1 aliphatic carbocycles. The monoisotopic (exact) mass is 228 g/mol.